The summed E-state index contributed by atoms with van der Waals surface area (Å²) in [6.07, 6.45) is -0.578. The van der Waals surface area contributed by atoms with Gasteiger partial charge in [-0.1, -0.05) is 54.6 Å². The van der Waals surface area contributed by atoms with Crippen molar-refractivity contribution in [1.82, 2.24) is 4.90 Å². The minimum absolute atomic E-state index is 0.0325. The highest BCUT2D eigenvalue weighted by Gasteiger charge is 2.39. The Labute approximate surface area is 194 Å². The van der Waals surface area contributed by atoms with E-state index in [0.29, 0.717) is 6.42 Å². The summed E-state index contributed by atoms with van der Waals surface area (Å²) in [5, 5.41) is 11.6. The second-order valence-electron chi connectivity index (χ2n) is 8.25. The van der Waals surface area contributed by atoms with Crippen LogP contribution in [0.1, 0.15) is 33.8 Å². The van der Waals surface area contributed by atoms with Crippen molar-refractivity contribution < 1.29 is 28.6 Å². The summed E-state index contributed by atoms with van der Waals surface area (Å²) in [6, 6.07) is 18.6. The molecular weight excluding hydrogens is 439 g/mol. The number of hydrogen-bond acceptors (Lipinski definition) is 4. The van der Waals surface area contributed by atoms with Crippen molar-refractivity contribution in [1.29, 1.82) is 0 Å². The lowest BCUT2D eigenvalue weighted by atomic mass is 9.98. The third kappa shape index (κ3) is 3.67. The Hall–Kier alpha value is -4.20. The molecular formula is C26H21FN2O5. The van der Waals surface area contributed by atoms with E-state index in [1.165, 1.54) is 12.1 Å². The molecule has 5 rings (SSSR count). The first-order valence-electron chi connectivity index (χ1n) is 10.9. The van der Waals surface area contributed by atoms with Gasteiger partial charge in [-0.3, -0.25) is 10.1 Å². The van der Waals surface area contributed by atoms with Crippen molar-refractivity contribution in [2.75, 3.05) is 18.5 Å². The Bertz CT molecular complexity index is 1260. The van der Waals surface area contributed by atoms with Crippen LogP contribution in [0.15, 0.2) is 66.7 Å². The number of carbonyl (C=O) groups excluding carboxylic acids is 2. The largest absolute Gasteiger partial charge is 0.480 e. The monoisotopic (exact) mass is 460 g/mol. The van der Waals surface area contributed by atoms with E-state index in [4.69, 9.17) is 4.74 Å². The molecule has 172 valence electrons. The maximum Gasteiger partial charge on any atom is 0.411 e. The van der Waals surface area contributed by atoms with Gasteiger partial charge in [0.15, 0.2) is 0 Å². The molecule has 1 atom stereocenters. The highest BCUT2D eigenvalue weighted by Crippen LogP contribution is 2.44. The minimum atomic E-state index is -1.12. The Balaban J connectivity index is 1.33. The molecule has 0 bridgehead atoms. The van der Waals surface area contributed by atoms with Crippen molar-refractivity contribution in [3.63, 3.8) is 0 Å². The fraction of sp³-hybridized carbons (Fsp3) is 0.192. The third-order valence-electron chi connectivity index (χ3n) is 6.38. The van der Waals surface area contributed by atoms with Gasteiger partial charge < -0.3 is 14.7 Å². The number of amides is 2. The van der Waals surface area contributed by atoms with E-state index in [9.17, 15) is 23.9 Å². The molecule has 0 aromatic heterocycles. The minimum Gasteiger partial charge on any atom is -0.480 e. The van der Waals surface area contributed by atoms with Crippen molar-refractivity contribution in [2.24, 2.45) is 0 Å². The van der Waals surface area contributed by atoms with Crippen LogP contribution in [0.2, 0.25) is 0 Å². The fourth-order valence-corrected chi connectivity index (χ4v) is 4.61. The molecule has 0 radical (unpaired) electrons. The lowest BCUT2D eigenvalue weighted by Gasteiger charge is -2.38. The summed E-state index contributed by atoms with van der Waals surface area (Å²) in [7, 11) is 0. The van der Waals surface area contributed by atoms with Crippen molar-refractivity contribution in [3.8, 4) is 11.1 Å². The number of carboxylic acid groups (broad SMARTS) is 1. The average molecular weight is 460 g/mol. The predicted molar refractivity (Wildman–Crippen MR) is 122 cm³/mol. The third-order valence-corrected chi connectivity index (χ3v) is 6.38. The molecule has 1 fully saturated rings. The summed E-state index contributed by atoms with van der Waals surface area (Å²) >= 11 is 0. The normalized spacial score (nSPS) is 16.3. The van der Waals surface area contributed by atoms with Gasteiger partial charge in [0.05, 0.1) is 11.3 Å². The first-order valence-corrected chi connectivity index (χ1v) is 10.9. The van der Waals surface area contributed by atoms with Gasteiger partial charge in [-0.25, -0.2) is 14.0 Å². The number of ether oxygens (including phenoxy) is 1. The summed E-state index contributed by atoms with van der Waals surface area (Å²) in [4.78, 5) is 37.9. The Morgan fingerprint density at radius 1 is 0.971 bits per heavy atom. The first kappa shape index (κ1) is 21.6. The van der Waals surface area contributed by atoms with Crippen molar-refractivity contribution in [3.05, 3.63) is 89.2 Å². The standard InChI is InChI=1S/C26H21FN2O5/c27-21-11-5-10-19(24(30)29-13-12-22(29)25(31)32)23(21)28-26(33)34-14-20-17-8-3-1-6-15(17)16-7-2-4-9-18(16)20/h1-11,20,22H,12-14H2,(H,28,33)(H,31,32). The van der Waals surface area contributed by atoms with E-state index in [0.717, 1.165) is 33.2 Å². The summed E-state index contributed by atoms with van der Waals surface area (Å²) in [5.74, 6) is -2.77. The number of carboxylic acids is 1. The second kappa shape index (κ2) is 8.62. The molecule has 3 aromatic carbocycles. The second-order valence-corrected chi connectivity index (χ2v) is 8.25. The molecule has 8 heteroatoms. The number of likely N-dealkylation sites (tertiary alicyclic amines) is 1. The SMILES string of the molecule is O=C(Nc1c(F)cccc1C(=O)N1CCC1C(=O)O)OCC1c2ccccc2-c2ccccc21. The molecule has 1 unspecified atom stereocenters. The summed E-state index contributed by atoms with van der Waals surface area (Å²) in [5.41, 5.74) is 3.78. The number of benzene rings is 3. The number of nitrogens with one attached hydrogen (secondary N) is 1. The predicted octanol–water partition coefficient (Wildman–Crippen LogP) is 4.49. The van der Waals surface area contributed by atoms with Crippen LogP contribution in [-0.4, -0.2) is 47.2 Å². The number of fused-ring (bicyclic) bond motifs is 3. The molecule has 1 aliphatic carbocycles. The fourth-order valence-electron chi connectivity index (χ4n) is 4.61. The zero-order valence-electron chi connectivity index (χ0n) is 18.0. The molecule has 7 nitrogen and oxygen atoms in total. The van der Waals surface area contributed by atoms with Crippen molar-refractivity contribution >= 4 is 23.7 Å². The van der Waals surface area contributed by atoms with Gasteiger partial charge in [0.25, 0.3) is 5.91 Å². The van der Waals surface area contributed by atoms with E-state index in [2.05, 4.69) is 5.32 Å². The Morgan fingerprint density at radius 2 is 1.62 bits per heavy atom. The van der Waals surface area contributed by atoms with Crippen molar-refractivity contribution in [2.45, 2.75) is 18.4 Å². The molecule has 34 heavy (non-hydrogen) atoms. The van der Waals surface area contributed by atoms with Gasteiger partial charge >= 0.3 is 12.1 Å². The number of anilines is 1. The molecule has 1 heterocycles. The lowest BCUT2D eigenvalue weighted by Crippen LogP contribution is -2.55. The van der Waals surface area contributed by atoms with Crippen LogP contribution in [0.3, 0.4) is 0 Å². The zero-order valence-corrected chi connectivity index (χ0v) is 18.0. The van der Waals surface area contributed by atoms with E-state index in [1.807, 2.05) is 48.5 Å². The van der Waals surface area contributed by atoms with Crippen LogP contribution < -0.4 is 5.32 Å². The molecule has 0 spiro atoms. The van der Waals surface area contributed by atoms with E-state index in [1.54, 1.807) is 0 Å². The topological polar surface area (TPSA) is 95.9 Å². The number of halogens is 1. The van der Waals surface area contributed by atoms with E-state index in [-0.39, 0.29) is 30.3 Å². The maximum atomic E-state index is 14.6. The van der Waals surface area contributed by atoms with E-state index < -0.39 is 29.8 Å². The Morgan fingerprint density at radius 3 is 2.21 bits per heavy atom. The molecule has 2 amide bonds. The average Bonchev–Trinajstić information content (AvgIpc) is 3.11. The molecule has 2 N–H and O–H groups in total. The van der Waals surface area contributed by atoms with Crippen LogP contribution in [0.25, 0.3) is 11.1 Å². The number of aliphatic carboxylic acids is 1. The smallest absolute Gasteiger partial charge is 0.411 e. The van der Waals surface area contributed by atoms with Crippen LogP contribution in [0.5, 0.6) is 0 Å². The number of hydrogen-bond donors (Lipinski definition) is 2. The molecule has 1 saturated heterocycles. The lowest BCUT2D eigenvalue weighted by molar-refractivity contribution is -0.146. The molecule has 0 saturated carbocycles. The number of para-hydroxylation sites is 1. The van der Waals surface area contributed by atoms with Gasteiger partial charge in [-0.15, -0.1) is 0 Å². The number of rotatable bonds is 5. The van der Waals surface area contributed by atoms with Crippen LogP contribution in [0, 0.1) is 5.82 Å². The molecule has 1 aliphatic heterocycles. The summed E-state index contributed by atoms with van der Waals surface area (Å²) in [6.45, 7) is 0.279. The quantitative estimate of drug-likeness (QED) is 0.585. The van der Waals surface area contributed by atoms with Crippen LogP contribution in [0.4, 0.5) is 14.9 Å². The van der Waals surface area contributed by atoms with Gasteiger partial charge in [0.2, 0.25) is 0 Å². The maximum absolute atomic E-state index is 14.6. The van der Waals surface area contributed by atoms with E-state index >= 15 is 0 Å². The highest BCUT2D eigenvalue weighted by molar-refractivity contribution is 6.04. The zero-order chi connectivity index (χ0) is 23.8. The van der Waals surface area contributed by atoms with Gasteiger partial charge in [0.1, 0.15) is 18.5 Å². The van der Waals surface area contributed by atoms with Gasteiger partial charge in [-0.2, -0.15) is 0 Å². The summed E-state index contributed by atoms with van der Waals surface area (Å²) < 4.78 is 20.0. The molecule has 2 aliphatic rings. The van der Waals surface area contributed by atoms with Crippen LogP contribution >= 0.6 is 0 Å². The first-order chi connectivity index (χ1) is 16.5. The van der Waals surface area contributed by atoms with Gasteiger partial charge in [0, 0.05) is 12.5 Å². The number of nitrogens with zero attached hydrogens (tertiary/aromatic N) is 1. The number of carbonyl (C=O) groups is 3. The Kier molecular flexibility index (Phi) is 5.49. The van der Waals surface area contributed by atoms with Crippen LogP contribution in [-0.2, 0) is 9.53 Å². The highest BCUT2D eigenvalue weighted by atomic mass is 19.1. The van der Waals surface area contributed by atoms with Gasteiger partial charge in [-0.05, 0) is 40.8 Å². The molecule has 3 aromatic rings.